The molecule has 0 aromatic carbocycles. The maximum Gasteiger partial charge on any atom is 0.233 e. The highest BCUT2D eigenvalue weighted by molar-refractivity contribution is 7.15. The number of carbonyl (C=O) groups excluding carboxylic acids is 1. The third kappa shape index (κ3) is 2.37. The van der Waals surface area contributed by atoms with Gasteiger partial charge in [-0.15, -0.1) is 11.3 Å². The molecule has 1 atom stereocenters. The number of rotatable bonds is 3. The molecule has 1 fully saturated rings. The van der Waals surface area contributed by atoms with Gasteiger partial charge in [0.1, 0.15) is 0 Å². The van der Waals surface area contributed by atoms with Crippen molar-refractivity contribution >= 4 is 22.4 Å². The van der Waals surface area contributed by atoms with Crippen LogP contribution in [0.1, 0.15) is 43.7 Å². The topological polar surface area (TPSA) is 54.0 Å². The van der Waals surface area contributed by atoms with E-state index >= 15 is 0 Å². The molecule has 1 aromatic heterocycles. The molecule has 0 radical (unpaired) electrons. The Balaban J connectivity index is 1.76. The highest BCUT2D eigenvalue weighted by Gasteiger charge is 2.44. The number of nitrogens with one attached hydrogen (secondary N) is 2. The molecule has 1 unspecified atom stereocenters. The molecule has 1 amide bonds. The molecule has 1 saturated heterocycles. The number of aromatic nitrogens is 1. The molecule has 2 aliphatic rings. The monoisotopic (exact) mass is 293 g/mol. The van der Waals surface area contributed by atoms with Gasteiger partial charge in [0.15, 0.2) is 5.13 Å². The van der Waals surface area contributed by atoms with E-state index in [1.165, 1.54) is 23.4 Å². The molecule has 1 aliphatic carbocycles. The number of aryl methyl sites for hydroxylation is 2. The summed E-state index contributed by atoms with van der Waals surface area (Å²) in [7, 11) is 0. The van der Waals surface area contributed by atoms with Crippen molar-refractivity contribution in [1.29, 1.82) is 0 Å². The van der Waals surface area contributed by atoms with E-state index in [9.17, 15) is 4.79 Å². The Morgan fingerprint density at radius 2 is 2.20 bits per heavy atom. The van der Waals surface area contributed by atoms with Crippen LogP contribution in [0.3, 0.4) is 0 Å². The minimum atomic E-state index is -0.272. The number of anilines is 1. The zero-order valence-corrected chi connectivity index (χ0v) is 13.1. The number of fused-ring (bicyclic) bond motifs is 1. The van der Waals surface area contributed by atoms with E-state index in [0.29, 0.717) is 5.92 Å². The molecule has 4 nitrogen and oxygen atoms in total. The van der Waals surface area contributed by atoms with Gasteiger partial charge >= 0.3 is 0 Å². The number of thiazole rings is 1. The lowest BCUT2D eigenvalue weighted by molar-refractivity contribution is -0.126. The van der Waals surface area contributed by atoms with E-state index in [0.717, 1.165) is 37.5 Å². The summed E-state index contributed by atoms with van der Waals surface area (Å²) in [6.45, 7) is 5.99. The van der Waals surface area contributed by atoms with Crippen molar-refractivity contribution in [2.45, 2.75) is 46.0 Å². The molecule has 0 saturated carbocycles. The first kappa shape index (κ1) is 14.0. The minimum absolute atomic E-state index is 0.142. The lowest BCUT2D eigenvalue weighted by Gasteiger charge is -2.30. The molecule has 5 heteroatoms. The van der Waals surface area contributed by atoms with Crippen molar-refractivity contribution in [3.63, 3.8) is 0 Å². The molecule has 3 rings (SSSR count). The van der Waals surface area contributed by atoms with Crippen LogP contribution >= 0.6 is 11.3 Å². The quantitative estimate of drug-likeness (QED) is 0.900. The van der Waals surface area contributed by atoms with E-state index in [-0.39, 0.29) is 11.3 Å². The van der Waals surface area contributed by atoms with Gasteiger partial charge in [-0.2, -0.15) is 0 Å². The summed E-state index contributed by atoms with van der Waals surface area (Å²) < 4.78 is 0. The Morgan fingerprint density at radius 1 is 1.40 bits per heavy atom. The first-order valence-electron chi connectivity index (χ1n) is 7.62. The van der Waals surface area contributed by atoms with Crippen molar-refractivity contribution < 1.29 is 4.79 Å². The van der Waals surface area contributed by atoms with Crippen LogP contribution in [0, 0.1) is 11.3 Å². The lowest BCUT2D eigenvalue weighted by atomic mass is 9.75. The Kier molecular flexibility index (Phi) is 3.82. The molecule has 2 N–H and O–H groups in total. The second-order valence-electron chi connectivity index (χ2n) is 6.29. The van der Waals surface area contributed by atoms with E-state index in [1.54, 1.807) is 11.3 Å². The predicted octanol–water partition coefficient (Wildman–Crippen LogP) is 2.60. The Morgan fingerprint density at radius 3 is 2.85 bits per heavy atom. The van der Waals surface area contributed by atoms with Crippen LogP contribution in [0.5, 0.6) is 0 Å². The van der Waals surface area contributed by atoms with Crippen molar-refractivity contribution in [3.05, 3.63) is 10.6 Å². The standard InChI is InChI=1S/C15H23N3OS/c1-10(2)15(7-8-16-9-15)13(19)18-14-17-11-5-3-4-6-12(11)20-14/h10,16H,3-9H2,1-2H3,(H,17,18,19). The highest BCUT2D eigenvalue weighted by Crippen LogP contribution is 2.36. The highest BCUT2D eigenvalue weighted by atomic mass is 32.1. The molecule has 2 heterocycles. The molecule has 1 aromatic rings. The van der Waals surface area contributed by atoms with Crippen molar-refractivity contribution in [3.8, 4) is 0 Å². The normalized spacial score (nSPS) is 25.8. The summed E-state index contributed by atoms with van der Waals surface area (Å²) in [6, 6.07) is 0. The second kappa shape index (κ2) is 5.45. The summed E-state index contributed by atoms with van der Waals surface area (Å²) in [5.41, 5.74) is 0.936. The molecule has 0 spiro atoms. The number of hydrogen-bond donors (Lipinski definition) is 2. The first-order valence-corrected chi connectivity index (χ1v) is 8.44. The number of hydrogen-bond acceptors (Lipinski definition) is 4. The van der Waals surface area contributed by atoms with E-state index in [4.69, 9.17) is 0 Å². The maximum absolute atomic E-state index is 12.7. The Labute approximate surface area is 124 Å². The van der Waals surface area contributed by atoms with Gasteiger partial charge in [0.2, 0.25) is 5.91 Å². The zero-order valence-electron chi connectivity index (χ0n) is 12.3. The van der Waals surface area contributed by atoms with Crippen LogP contribution in [0.2, 0.25) is 0 Å². The van der Waals surface area contributed by atoms with Crippen LogP contribution < -0.4 is 10.6 Å². The van der Waals surface area contributed by atoms with Crippen LogP contribution in [0.4, 0.5) is 5.13 Å². The lowest BCUT2D eigenvalue weighted by Crippen LogP contribution is -2.42. The SMILES string of the molecule is CC(C)C1(C(=O)Nc2nc3c(s2)CCCC3)CCNC1. The fourth-order valence-corrected chi connectivity index (χ4v) is 4.33. The molecular formula is C15H23N3OS. The van der Waals surface area contributed by atoms with Crippen LogP contribution in [-0.4, -0.2) is 24.0 Å². The fraction of sp³-hybridized carbons (Fsp3) is 0.733. The van der Waals surface area contributed by atoms with Gasteiger partial charge in [-0.3, -0.25) is 4.79 Å². The molecular weight excluding hydrogens is 270 g/mol. The van der Waals surface area contributed by atoms with Gasteiger partial charge in [-0.1, -0.05) is 13.8 Å². The summed E-state index contributed by atoms with van der Waals surface area (Å²) in [5.74, 6) is 0.482. The van der Waals surface area contributed by atoms with Gasteiger partial charge in [0.25, 0.3) is 0 Å². The first-order chi connectivity index (χ1) is 9.62. The molecule has 110 valence electrons. The average Bonchev–Trinajstić information content (AvgIpc) is 3.05. The van der Waals surface area contributed by atoms with Gasteiger partial charge in [0.05, 0.1) is 11.1 Å². The van der Waals surface area contributed by atoms with Gasteiger partial charge in [-0.05, 0) is 44.6 Å². The third-order valence-electron chi connectivity index (χ3n) is 4.81. The van der Waals surface area contributed by atoms with Gasteiger partial charge < -0.3 is 10.6 Å². The van der Waals surface area contributed by atoms with Crippen molar-refractivity contribution in [2.24, 2.45) is 11.3 Å². The minimum Gasteiger partial charge on any atom is -0.316 e. The second-order valence-corrected chi connectivity index (χ2v) is 7.37. The van der Waals surface area contributed by atoms with Crippen LogP contribution in [0.15, 0.2) is 0 Å². The number of nitrogens with zero attached hydrogens (tertiary/aromatic N) is 1. The third-order valence-corrected chi connectivity index (χ3v) is 5.88. The van der Waals surface area contributed by atoms with Crippen LogP contribution in [-0.2, 0) is 17.6 Å². The summed E-state index contributed by atoms with van der Waals surface area (Å²) in [5, 5.41) is 7.22. The van der Waals surface area contributed by atoms with E-state index in [2.05, 4.69) is 29.5 Å². The van der Waals surface area contributed by atoms with Crippen molar-refractivity contribution in [2.75, 3.05) is 18.4 Å². The number of amides is 1. The number of carbonyl (C=O) groups is 1. The van der Waals surface area contributed by atoms with Gasteiger partial charge in [0, 0.05) is 11.4 Å². The molecule has 0 bridgehead atoms. The Hall–Kier alpha value is -0.940. The van der Waals surface area contributed by atoms with Crippen LogP contribution in [0.25, 0.3) is 0 Å². The summed E-state index contributed by atoms with van der Waals surface area (Å²) >= 11 is 1.67. The summed E-state index contributed by atoms with van der Waals surface area (Å²) in [4.78, 5) is 18.7. The van der Waals surface area contributed by atoms with Gasteiger partial charge in [-0.25, -0.2) is 4.98 Å². The maximum atomic E-state index is 12.7. The van der Waals surface area contributed by atoms with Crippen molar-refractivity contribution in [1.82, 2.24) is 10.3 Å². The van der Waals surface area contributed by atoms with E-state index in [1.807, 2.05) is 0 Å². The van der Waals surface area contributed by atoms with E-state index < -0.39 is 0 Å². The zero-order chi connectivity index (χ0) is 14.2. The Bertz CT molecular complexity index is 480. The average molecular weight is 293 g/mol. The molecule has 1 aliphatic heterocycles. The predicted molar refractivity (Wildman–Crippen MR) is 82.1 cm³/mol. The largest absolute Gasteiger partial charge is 0.316 e. The molecule has 20 heavy (non-hydrogen) atoms. The smallest absolute Gasteiger partial charge is 0.233 e. The summed E-state index contributed by atoms with van der Waals surface area (Å²) in [6.07, 6.45) is 5.59. The fourth-order valence-electron chi connectivity index (χ4n) is 3.29.